The molecule has 39 heavy (non-hydrogen) atoms. The molecule has 0 radical (unpaired) electrons. The van der Waals surface area contributed by atoms with Crippen LogP contribution in [0, 0.1) is 0 Å². The van der Waals surface area contributed by atoms with Crippen LogP contribution >= 0.6 is 11.6 Å². The number of carbonyl (C=O) groups is 2. The topological polar surface area (TPSA) is 105 Å². The zero-order valence-corrected chi connectivity index (χ0v) is 23.3. The smallest absolute Gasteiger partial charge is 0.264 e. The predicted molar refractivity (Wildman–Crippen MR) is 148 cm³/mol. The normalized spacial score (nSPS) is 13.3. The summed E-state index contributed by atoms with van der Waals surface area (Å²) in [4.78, 5) is 27.0. The van der Waals surface area contributed by atoms with Crippen LogP contribution < -0.4 is 19.1 Å². The largest absolute Gasteiger partial charge is 0.493 e. The van der Waals surface area contributed by atoms with E-state index in [0.29, 0.717) is 30.3 Å². The summed E-state index contributed by atoms with van der Waals surface area (Å²) in [5, 5.41) is 3.26. The maximum atomic E-state index is 13.8. The van der Waals surface area contributed by atoms with Crippen molar-refractivity contribution in [1.29, 1.82) is 0 Å². The molecule has 0 aromatic heterocycles. The molecule has 11 heteroatoms. The third kappa shape index (κ3) is 6.63. The Hall–Kier alpha value is -3.76. The van der Waals surface area contributed by atoms with Gasteiger partial charge < -0.3 is 19.7 Å². The Balaban J connectivity index is 1.55. The number of nitrogens with zero attached hydrogens (tertiary/aromatic N) is 2. The minimum absolute atomic E-state index is 0.0662. The Bertz CT molecular complexity index is 1450. The molecule has 9 nitrogen and oxygen atoms in total. The van der Waals surface area contributed by atoms with Crippen LogP contribution in [0.1, 0.15) is 24.0 Å². The Morgan fingerprint density at radius 1 is 1.00 bits per heavy atom. The Morgan fingerprint density at radius 3 is 2.33 bits per heavy atom. The first-order valence-electron chi connectivity index (χ1n) is 12.3. The van der Waals surface area contributed by atoms with E-state index >= 15 is 0 Å². The van der Waals surface area contributed by atoms with E-state index in [1.54, 1.807) is 17.0 Å². The van der Waals surface area contributed by atoms with E-state index in [2.05, 4.69) is 5.32 Å². The second-order valence-electron chi connectivity index (χ2n) is 8.97. The van der Waals surface area contributed by atoms with Crippen LogP contribution in [0.25, 0.3) is 0 Å². The van der Waals surface area contributed by atoms with Crippen molar-refractivity contribution in [3.63, 3.8) is 0 Å². The number of anilines is 1. The van der Waals surface area contributed by atoms with Gasteiger partial charge in [-0.05, 0) is 53.9 Å². The van der Waals surface area contributed by atoms with E-state index in [4.69, 9.17) is 21.1 Å². The summed E-state index contributed by atoms with van der Waals surface area (Å²) in [5.74, 6) is 0.238. The number of likely N-dealkylation sites (tertiary alicyclic amines) is 1. The lowest BCUT2D eigenvalue weighted by Crippen LogP contribution is -2.40. The molecule has 0 aliphatic carbocycles. The number of rotatable bonds is 11. The first-order valence-corrected chi connectivity index (χ1v) is 14.2. The lowest BCUT2D eigenvalue weighted by atomic mass is 10.1. The number of methoxy groups -OCH3 is 2. The second kappa shape index (κ2) is 12.4. The SMILES string of the molecule is COc1ccc(S(=O)(=O)N(CC(=O)NCc2ccccc2CN2CCCC2=O)c2ccc(Cl)cc2)cc1OC. The fourth-order valence-corrected chi connectivity index (χ4v) is 5.93. The van der Waals surface area contributed by atoms with Gasteiger partial charge in [-0.25, -0.2) is 8.42 Å². The second-order valence-corrected chi connectivity index (χ2v) is 11.3. The van der Waals surface area contributed by atoms with Gasteiger partial charge in [-0.1, -0.05) is 35.9 Å². The number of benzene rings is 3. The van der Waals surface area contributed by atoms with Crippen LogP contribution in [-0.4, -0.2) is 52.4 Å². The fraction of sp³-hybridized carbons (Fsp3) is 0.286. The maximum Gasteiger partial charge on any atom is 0.264 e. The number of ether oxygens (including phenoxy) is 2. The molecule has 1 N–H and O–H groups in total. The summed E-state index contributed by atoms with van der Waals surface area (Å²) in [6.45, 7) is 0.895. The third-order valence-electron chi connectivity index (χ3n) is 6.47. The molecular weight excluding hydrogens is 542 g/mol. The van der Waals surface area contributed by atoms with E-state index in [0.717, 1.165) is 21.9 Å². The molecule has 0 spiro atoms. The number of carbonyl (C=O) groups excluding carboxylic acids is 2. The van der Waals surface area contributed by atoms with E-state index in [9.17, 15) is 18.0 Å². The molecule has 1 aliphatic heterocycles. The molecule has 0 unspecified atom stereocenters. The summed E-state index contributed by atoms with van der Waals surface area (Å²) >= 11 is 6.03. The van der Waals surface area contributed by atoms with Crippen molar-refractivity contribution in [2.24, 2.45) is 0 Å². The molecular formula is C28H30ClN3O6S. The van der Waals surface area contributed by atoms with Crippen molar-refractivity contribution in [2.45, 2.75) is 30.8 Å². The number of amides is 2. The van der Waals surface area contributed by atoms with Crippen molar-refractivity contribution < 1.29 is 27.5 Å². The molecule has 1 saturated heterocycles. The quantitative estimate of drug-likeness (QED) is 0.373. The Kier molecular flexibility index (Phi) is 8.98. The first kappa shape index (κ1) is 28.3. The number of sulfonamides is 1. The fourth-order valence-electron chi connectivity index (χ4n) is 4.37. The van der Waals surface area contributed by atoms with Gasteiger partial charge in [0.1, 0.15) is 6.54 Å². The van der Waals surface area contributed by atoms with Gasteiger partial charge >= 0.3 is 0 Å². The van der Waals surface area contributed by atoms with E-state index in [1.165, 1.54) is 44.6 Å². The van der Waals surface area contributed by atoms with Gasteiger partial charge in [0, 0.05) is 37.1 Å². The average Bonchev–Trinajstić information content (AvgIpc) is 3.35. The third-order valence-corrected chi connectivity index (χ3v) is 8.49. The molecule has 1 aliphatic rings. The van der Waals surface area contributed by atoms with Crippen molar-refractivity contribution in [2.75, 3.05) is 31.6 Å². The first-order chi connectivity index (χ1) is 18.7. The number of hydrogen-bond donors (Lipinski definition) is 1. The standard InChI is InChI=1S/C28H30ClN3O6S/c1-37-25-14-13-24(16-26(25)38-2)39(35,36)32(23-11-9-22(29)10-12-23)19-27(33)30-17-20-6-3-4-7-21(20)18-31-15-5-8-28(31)34/h3-4,6-7,9-14,16H,5,8,15,17-19H2,1-2H3,(H,30,33). The minimum Gasteiger partial charge on any atom is -0.493 e. The van der Waals surface area contributed by atoms with Crippen molar-refractivity contribution in [3.8, 4) is 11.5 Å². The van der Waals surface area contributed by atoms with Crippen LogP contribution in [0.3, 0.4) is 0 Å². The molecule has 0 atom stereocenters. The maximum absolute atomic E-state index is 13.8. The van der Waals surface area contributed by atoms with Crippen LogP contribution in [0.4, 0.5) is 5.69 Å². The summed E-state index contributed by atoms with van der Waals surface area (Å²) in [7, 11) is -1.31. The predicted octanol–water partition coefficient (Wildman–Crippen LogP) is 3.99. The molecule has 206 valence electrons. The van der Waals surface area contributed by atoms with Crippen LogP contribution in [0.2, 0.25) is 5.02 Å². The van der Waals surface area contributed by atoms with Gasteiger partial charge in [0.2, 0.25) is 11.8 Å². The lowest BCUT2D eigenvalue weighted by molar-refractivity contribution is -0.128. The summed E-state index contributed by atoms with van der Waals surface area (Å²) in [6, 6.07) is 18.0. The molecule has 1 heterocycles. The molecule has 0 saturated carbocycles. The summed E-state index contributed by atoms with van der Waals surface area (Å²) in [6.07, 6.45) is 1.39. The van der Waals surface area contributed by atoms with E-state index < -0.39 is 22.5 Å². The zero-order valence-electron chi connectivity index (χ0n) is 21.7. The van der Waals surface area contributed by atoms with Crippen LogP contribution in [0.5, 0.6) is 11.5 Å². The highest BCUT2D eigenvalue weighted by molar-refractivity contribution is 7.92. The highest BCUT2D eigenvalue weighted by Crippen LogP contribution is 2.32. The van der Waals surface area contributed by atoms with Gasteiger partial charge in [-0.2, -0.15) is 0 Å². The summed E-state index contributed by atoms with van der Waals surface area (Å²) in [5.41, 5.74) is 2.06. The van der Waals surface area contributed by atoms with Crippen molar-refractivity contribution in [1.82, 2.24) is 10.2 Å². The van der Waals surface area contributed by atoms with E-state index in [-0.39, 0.29) is 28.8 Å². The number of nitrogens with one attached hydrogen (secondary N) is 1. The highest BCUT2D eigenvalue weighted by atomic mass is 35.5. The molecule has 2 amide bonds. The van der Waals surface area contributed by atoms with Crippen molar-refractivity contribution in [3.05, 3.63) is 82.9 Å². The minimum atomic E-state index is -4.18. The molecule has 1 fully saturated rings. The van der Waals surface area contributed by atoms with Gasteiger partial charge in [-0.15, -0.1) is 0 Å². The van der Waals surface area contributed by atoms with Crippen LogP contribution in [0.15, 0.2) is 71.6 Å². The molecule has 3 aromatic rings. The Morgan fingerprint density at radius 2 is 1.69 bits per heavy atom. The van der Waals surface area contributed by atoms with Gasteiger partial charge in [0.05, 0.1) is 24.8 Å². The molecule has 4 rings (SSSR count). The van der Waals surface area contributed by atoms with Crippen LogP contribution in [-0.2, 0) is 32.7 Å². The van der Waals surface area contributed by atoms with E-state index in [1.807, 2.05) is 24.3 Å². The van der Waals surface area contributed by atoms with Gasteiger partial charge in [0.25, 0.3) is 10.0 Å². The highest BCUT2D eigenvalue weighted by Gasteiger charge is 2.28. The molecule has 0 bridgehead atoms. The van der Waals surface area contributed by atoms with Gasteiger partial charge in [0.15, 0.2) is 11.5 Å². The number of hydrogen-bond acceptors (Lipinski definition) is 6. The van der Waals surface area contributed by atoms with Gasteiger partial charge in [-0.3, -0.25) is 13.9 Å². The average molecular weight is 572 g/mol. The molecule has 3 aromatic carbocycles. The number of halogens is 1. The zero-order chi connectivity index (χ0) is 28.0. The summed E-state index contributed by atoms with van der Waals surface area (Å²) < 4.78 is 39.0. The van der Waals surface area contributed by atoms with Crippen molar-refractivity contribution >= 4 is 39.1 Å². The Labute approximate surface area is 233 Å². The lowest BCUT2D eigenvalue weighted by Gasteiger charge is -2.25. The monoisotopic (exact) mass is 571 g/mol.